The maximum Gasteiger partial charge on any atom is 0.120 e. The topological polar surface area (TPSA) is 9.23 Å². The van der Waals surface area contributed by atoms with Crippen molar-refractivity contribution in [2.24, 2.45) is 0 Å². The van der Waals surface area contributed by atoms with Gasteiger partial charge in [-0.3, -0.25) is 0 Å². The second-order valence-corrected chi connectivity index (χ2v) is 3.74. The van der Waals surface area contributed by atoms with Crippen LogP contribution in [0.1, 0.15) is 24.0 Å². The Bertz CT molecular complexity index is 328. The van der Waals surface area contributed by atoms with Crippen molar-refractivity contribution in [1.29, 1.82) is 0 Å². The summed E-state index contributed by atoms with van der Waals surface area (Å²) in [6.07, 6.45) is 6.87. The summed E-state index contributed by atoms with van der Waals surface area (Å²) in [7, 11) is 0. The minimum Gasteiger partial charge on any atom is -0.490 e. The summed E-state index contributed by atoms with van der Waals surface area (Å²) in [5, 5.41) is 0. The second-order valence-electron chi connectivity index (χ2n) is 3.74. The third-order valence-electron chi connectivity index (χ3n) is 2.69. The van der Waals surface area contributed by atoms with Crippen molar-refractivity contribution < 1.29 is 4.74 Å². The van der Waals surface area contributed by atoms with E-state index >= 15 is 0 Å². The summed E-state index contributed by atoms with van der Waals surface area (Å²) < 4.78 is 5.50. The first kappa shape index (κ1) is 9.32. The molecule has 0 N–H and O–H groups in total. The SMILES string of the molecule is C=CCOc1ccc2c(c1)CCCC2. The largest absolute Gasteiger partial charge is 0.490 e. The van der Waals surface area contributed by atoms with Crippen LogP contribution in [-0.4, -0.2) is 6.61 Å². The number of hydrogen-bond acceptors (Lipinski definition) is 1. The first-order valence-corrected chi connectivity index (χ1v) is 5.25. The lowest BCUT2D eigenvalue weighted by Gasteiger charge is -2.16. The van der Waals surface area contributed by atoms with Crippen molar-refractivity contribution >= 4 is 0 Å². The van der Waals surface area contributed by atoms with Gasteiger partial charge >= 0.3 is 0 Å². The summed E-state index contributed by atoms with van der Waals surface area (Å²) in [4.78, 5) is 0. The van der Waals surface area contributed by atoms with E-state index in [1.807, 2.05) is 0 Å². The summed E-state index contributed by atoms with van der Waals surface area (Å²) in [6.45, 7) is 4.23. The molecule has 1 heteroatoms. The highest BCUT2D eigenvalue weighted by Crippen LogP contribution is 2.25. The summed E-state index contributed by atoms with van der Waals surface area (Å²) in [5.41, 5.74) is 2.97. The van der Waals surface area contributed by atoms with E-state index in [0.717, 1.165) is 5.75 Å². The van der Waals surface area contributed by atoms with Gasteiger partial charge in [0.15, 0.2) is 0 Å². The zero-order valence-electron chi connectivity index (χ0n) is 8.46. The van der Waals surface area contributed by atoms with E-state index in [1.54, 1.807) is 6.08 Å². The molecule has 0 saturated heterocycles. The molecule has 1 aromatic carbocycles. The average molecular weight is 188 g/mol. The predicted molar refractivity (Wildman–Crippen MR) is 58.8 cm³/mol. The van der Waals surface area contributed by atoms with Crippen LogP contribution in [0.2, 0.25) is 0 Å². The van der Waals surface area contributed by atoms with E-state index in [-0.39, 0.29) is 0 Å². The third-order valence-corrected chi connectivity index (χ3v) is 2.69. The van der Waals surface area contributed by atoms with Crippen LogP contribution >= 0.6 is 0 Å². The standard InChI is InChI=1S/C13H16O/c1-2-9-14-13-8-7-11-5-3-4-6-12(11)10-13/h2,7-8,10H,1,3-6,9H2. The molecular formula is C13H16O. The van der Waals surface area contributed by atoms with Gasteiger partial charge in [-0.25, -0.2) is 0 Å². The Balaban J connectivity index is 2.16. The highest BCUT2D eigenvalue weighted by molar-refractivity contribution is 5.37. The highest BCUT2D eigenvalue weighted by Gasteiger charge is 2.09. The van der Waals surface area contributed by atoms with E-state index in [4.69, 9.17) is 4.74 Å². The molecule has 0 fully saturated rings. The lowest BCUT2D eigenvalue weighted by Crippen LogP contribution is -2.03. The summed E-state index contributed by atoms with van der Waals surface area (Å²) in [6, 6.07) is 6.44. The monoisotopic (exact) mass is 188 g/mol. The molecule has 0 aliphatic heterocycles. The molecule has 0 bridgehead atoms. The Morgan fingerprint density at radius 2 is 2.00 bits per heavy atom. The maximum atomic E-state index is 5.50. The highest BCUT2D eigenvalue weighted by atomic mass is 16.5. The van der Waals surface area contributed by atoms with E-state index < -0.39 is 0 Å². The van der Waals surface area contributed by atoms with Crippen molar-refractivity contribution in [1.82, 2.24) is 0 Å². The quantitative estimate of drug-likeness (QED) is 0.662. The zero-order chi connectivity index (χ0) is 9.80. The second kappa shape index (κ2) is 4.32. The van der Waals surface area contributed by atoms with Gasteiger partial charge in [0, 0.05) is 0 Å². The molecule has 14 heavy (non-hydrogen) atoms. The summed E-state index contributed by atoms with van der Waals surface area (Å²) >= 11 is 0. The molecule has 0 radical (unpaired) electrons. The van der Waals surface area contributed by atoms with Gasteiger partial charge in [0.25, 0.3) is 0 Å². The van der Waals surface area contributed by atoms with Gasteiger partial charge in [0.05, 0.1) is 0 Å². The van der Waals surface area contributed by atoms with Crippen LogP contribution < -0.4 is 4.74 Å². The number of hydrogen-bond donors (Lipinski definition) is 0. The molecule has 0 unspecified atom stereocenters. The lowest BCUT2D eigenvalue weighted by molar-refractivity contribution is 0.362. The van der Waals surface area contributed by atoms with Gasteiger partial charge in [-0.2, -0.15) is 0 Å². The van der Waals surface area contributed by atoms with E-state index in [9.17, 15) is 0 Å². The molecule has 0 saturated carbocycles. The molecule has 0 amide bonds. The van der Waals surface area contributed by atoms with Crippen molar-refractivity contribution in [2.45, 2.75) is 25.7 Å². The average Bonchev–Trinajstić information content (AvgIpc) is 2.26. The molecule has 0 aromatic heterocycles. The van der Waals surface area contributed by atoms with Crippen LogP contribution in [0.25, 0.3) is 0 Å². The van der Waals surface area contributed by atoms with E-state index in [0.29, 0.717) is 6.61 Å². The zero-order valence-corrected chi connectivity index (χ0v) is 8.46. The minimum absolute atomic E-state index is 0.596. The van der Waals surface area contributed by atoms with Crippen LogP contribution in [0.4, 0.5) is 0 Å². The molecule has 1 aliphatic carbocycles. The van der Waals surface area contributed by atoms with Crippen LogP contribution in [0.15, 0.2) is 30.9 Å². The normalized spacial score (nSPS) is 14.6. The van der Waals surface area contributed by atoms with Gasteiger partial charge in [0.2, 0.25) is 0 Å². The van der Waals surface area contributed by atoms with Crippen LogP contribution in [-0.2, 0) is 12.8 Å². The Labute approximate surface area is 85.4 Å². The smallest absolute Gasteiger partial charge is 0.120 e. The fourth-order valence-corrected chi connectivity index (χ4v) is 1.95. The van der Waals surface area contributed by atoms with Crippen molar-refractivity contribution in [3.8, 4) is 5.75 Å². The maximum absolute atomic E-state index is 5.50. The Hall–Kier alpha value is -1.24. The van der Waals surface area contributed by atoms with Gasteiger partial charge in [-0.05, 0) is 48.9 Å². The lowest BCUT2D eigenvalue weighted by atomic mass is 9.92. The van der Waals surface area contributed by atoms with Crippen molar-refractivity contribution in [2.75, 3.05) is 6.61 Å². The Morgan fingerprint density at radius 1 is 1.21 bits per heavy atom. The van der Waals surface area contributed by atoms with Gasteiger partial charge < -0.3 is 4.74 Å². The fraction of sp³-hybridized carbons (Fsp3) is 0.385. The third kappa shape index (κ3) is 1.98. The molecule has 1 nitrogen and oxygen atoms in total. The van der Waals surface area contributed by atoms with Crippen LogP contribution in [0, 0.1) is 0 Å². The van der Waals surface area contributed by atoms with Crippen molar-refractivity contribution in [3.63, 3.8) is 0 Å². The molecule has 1 aliphatic rings. The summed E-state index contributed by atoms with van der Waals surface area (Å²) in [5.74, 6) is 0.977. The number of ether oxygens (including phenoxy) is 1. The minimum atomic E-state index is 0.596. The first-order chi connectivity index (χ1) is 6.90. The Kier molecular flexibility index (Phi) is 2.87. The molecule has 2 rings (SSSR count). The number of benzene rings is 1. The number of rotatable bonds is 3. The predicted octanol–water partition coefficient (Wildman–Crippen LogP) is 3.13. The molecule has 0 atom stereocenters. The van der Waals surface area contributed by atoms with E-state index in [2.05, 4.69) is 24.8 Å². The number of aryl methyl sites for hydroxylation is 2. The van der Waals surface area contributed by atoms with Crippen LogP contribution in [0.3, 0.4) is 0 Å². The van der Waals surface area contributed by atoms with Crippen LogP contribution in [0.5, 0.6) is 5.75 Å². The van der Waals surface area contributed by atoms with Gasteiger partial charge in [-0.1, -0.05) is 18.7 Å². The molecule has 74 valence electrons. The van der Waals surface area contributed by atoms with Gasteiger partial charge in [0.1, 0.15) is 12.4 Å². The molecule has 0 heterocycles. The van der Waals surface area contributed by atoms with Gasteiger partial charge in [-0.15, -0.1) is 0 Å². The fourth-order valence-electron chi connectivity index (χ4n) is 1.95. The van der Waals surface area contributed by atoms with E-state index in [1.165, 1.54) is 36.8 Å². The molecule has 1 aromatic rings. The Morgan fingerprint density at radius 3 is 2.79 bits per heavy atom. The molecular weight excluding hydrogens is 172 g/mol. The van der Waals surface area contributed by atoms with Crippen molar-refractivity contribution in [3.05, 3.63) is 42.0 Å². The number of fused-ring (bicyclic) bond motifs is 1. The molecule has 0 spiro atoms. The first-order valence-electron chi connectivity index (χ1n) is 5.25.